The number of anilines is 3. The van der Waals surface area contributed by atoms with Crippen LogP contribution >= 0.6 is 0 Å². The first-order valence-electron chi connectivity index (χ1n) is 8.44. The highest BCUT2D eigenvalue weighted by atomic mass is 16.5. The molecular formula is C18H16N6O2. The number of fused-ring (bicyclic) bond motifs is 3. The number of hydrogen-bond donors (Lipinski definition) is 1. The van der Waals surface area contributed by atoms with Crippen LogP contribution in [-0.4, -0.2) is 46.2 Å². The molecule has 4 aromatic rings. The van der Waals surface area contributed by atoms with Crippen LogP contribution in [0.4, 0.5) is 17.6 Å². The number of hydrogen-bond acceptors (Lipinski definition) is 8. The van der Waals surface area contributed by atoms with Crippen molar-refractivity contribution in [3.05, 3.63) is 42.7 Å². The highest BCUT2D eigenvalue weighted by molar-refractivity contribution is 6.05. The van der Waals surface area contributed by atoms with E-state index in [1.165, 1.54) is 0 Å². The van der Waals surface area contributed by atoms with E-state index in [0.29, 0.717) is 36.3 Å². The summed E-state index contributed by atoms with van der Waals surface area (Å²) < 4.78 is 11.4. The standard InChI is InChI=1S/C18H16N6O2/c1-2-6-19-13(5-1)21-18-22-14-12-4-3-7-20-17(12)26-15(14)16(23-18)24-8-10-25-11-9-24/h1-7H,8-11H2,(H,19,21,22,23). The Morgan fingerprint density at radius 3 is 2.69 bits per heavy atom. The maximum atomic E-state index is 5.98. The molecule has 0 aromatic carbocycles. The van der Waals surface area contributed by atoms with Crippen LogP contribution in [0.5, 0.6) is 0 Å². The largest absolute Gasteiger partial charge is 0.432 e. The number of pyridine rings is 2. The van der Waals surface area contributed by atoms with E-state index >= 15 is 0 Å². The molecule has 0 bridgehead atoms. The predicted molar refractivity (Wildman–Crippen MR) is 97.7 cm³/mol. The summed E-state index contributed by atoms with van der Waals surface area (Å²) in [5.74, 6) is 1.91. The van der Waals surface area contributed by atoms with E-state index < -0.39 is 0 Å². The fourth-order valence-corrected chi connectivity index (χ4v) is 3.06. The first-order valence-corrected chi connectivity index (χ1v) is 8.44. The Labute approximate surface area is 148 Å². The fraction of sp³-hybridized carbons (Fsp3) is 0.222. The van der Waals surface area contributed by atoms with E-state index in [2.05, 4.69) is 25.2 Å². The average Bonchev–Trinajstić information content (AvgIpc) is 3.08. The molecule has 1 aliphatic rings. The predicted octanol–water partition coefficient (Wildman–Crippen LogP) is 2.75. The summed E-state index contributed by atoms with van der Waals surface area (Å²) >= 11 is 0. The summed E-state index contributed by atoms with van der Waals surface area (Å²) in [5, 5.41) is 4.04. The van der Waals surface area contributed by atoms with Gasteiger partial charge < -0.3 is 19.4 Å². The van der Waals surface area contributed by atoms with Crippen molar-refractivity contribution < 1.29 is 9.15 Å². The van der Waals surface area contributed by atoms with Gasteiger partial charge in [0.1, 0.15) is 11.3 Å². The zero-order valence-electron chi connectivity index (χ0n) is 13.9. The van der Waals surface area contributed by atoms with E-state index in [1.807, 2.05) is 30.3 Å². The summed E-state index contributed by atoms with van der Waals surface area (Å²) in [6.45, 7) is 2.82. The highest BCUT2D eigenvalue weighted by Gasteiger charge is 2.22. The van der Waals surface area contributed by atoms with Gasteiger partial charge in [0, 0.05) is 25.5 Å². The SMILES string of the molecule is c1ccc(Nc2nc(N3CCOCC3)c3oc4ncccc4c3n2)nc1. The van der Waals surface area contributed by atoms with E-state index in [9.17, 15) is 0 Å². The monoisotopic (exact) mass is 348 g/mol. The molecule has 8 heteroatoms. The third-order valence-electron chi connectivity index (χ3n) is 4.29. The van der Waals surface area contributed by atoms with Gasteiger partial charge in [0.2, 0.25) is 11.7 Å². The van der Waals surface area contributed by atoms with Crippen molar-refractivity contribution >= 4 is 39.8 Å². The van der Waals surface area contributed by atoms with Gasteiger partial charge in [-0.15, -0.1) is 0 Å². The Morgan fingerprint density at radius 1 is 0.962 bits per heavy atom. The molecule has 5 rings (SSSR count). The Balaban J connectivity index is 1.69. The fourth-order valence-electron chi connectivity index (χ4n) is 3.06. The van der Waals surface area contributed by atoms with Gasteiger partial charge in [0.15, 0.2) is 11.4 Å². The molecule has 0 aliphatic carbocycles. The molecule has 1 aliphatic heterocycles. The third-order valence-corrected chi connectivity index (χ3v) is 4.29. The number of ether oxygens (including phenoxy) is 1. The second kappa shape index (κ2) is 6.23. The topological polar surface area (TPSA) is 89.2 Å². The lowest BCUT2D eigenvalue weighted by atomic mass is 10.3. The van der Waals surface area contributed by atoms with Gasteiger partial charge in [0.25, 0.3) is 0 Å². The molecule has 130 valence electrons. The highest BCUT2D eigenvalue weighted by Crippen LogP contribution is 2.33. The Hall–Kier alpha value is -3.26. The Kier molecular flexibility index (Phi) is 3.60. The van der Waals surface area contributed by atoms with Gasteiger partial charge in [-0.25, -0.2) is 15.0 Å². The summed E-state index contributed by atoms with van der Waals surface area (Å²) in [6.07, 6.45) is 3.43. The summed E-state index contributed by atoms with van der Waals surface area (Å²) in [6, 6.07) is 9.48. The molecule has 0 spiro atoms. The molecule has 4 aromatic heterocycles. The van der Waals surface area contributed by atoms with Gasteiger partial charge >= 0.3 is 0 Å². The van der Waals surface area contributed by atoms with Crippen LogP contribution in [0, 0.1) is 0 Å². The molecule has 0 atom stereocenters. The van der Waals surface area contributed by atoms with Crippen molar-refractivity contribution in [3.63, 3.8) is 0 Å². The quantitative estimate of drug-likeness (QED) is 0.604. The van der Waals surface area contributed by atoms with Crippen molar-refractivity contribution in [2.45, 2.75) is 0 Å². The van der Waals surface area contributed by atoms with Crippen molar-refractivity contribution in [1.82, 2.24) is 19.9 Å². The molecule has 0 unspecified atom stereocenters. The van der Waals surface area contributed by atoms with Gasteiger partial charge in [0.05, 0.1) is 18.6 Å². The molecule has 5 heterocycles. The van der Waals surface area contributed by atoms with E-state index in [1.54, 1.807) is 12.4 Å². The van der Waals surface area contributed by atoms with Crippen LogP contribution in [-0.2, 0) is 4.74 Å². The molecule has 0 radical (unpaired) electrons. The number of nitrogens with zero attached hydrogens (tertiary/aromatic N) is 5. The zero-order chi connectivity index (χ0) is 17.3. The maximum Gasteiger partial charge on any atom is 0.231 e. The molecule has 1 saturated heterocycles. The van der Waals surface area contributed by atoms with Crippen LogP contribution in [0.2, 0.25) is 0 Å². The number of furan rings is 1. The lowest BCUT2D eigenvalue weighted by Gasteiger charge is -2.27. The smallest absolute Gasteiger partial charge is 0.231 e. The number of nitrogens with one attached hydrogen (secondary N) is 1. The second-order valence-electron chi connectivity index (χ2n) is 5.95. The van der Waals surface area contributed by atoms with Gasteiger partial charge in [-0.05, 0) is 24.3 Å². The van der Waals surface area contributed by atoms with E-state index in [0.717, 1.165) is 29.8 Å². The van der Waals surface area contributed by atoms with Crippen molar-refractivity contribution in [2.75, 3.05) is 36.5 Å². The zero-order valence-corrected chi connectivity index (χ0v) is 13.9. The number of rotatable bonds is 3. The Morgan fingerprint density at radius 2 is 1.85 bits per heavy atom. The van der Waals surface area contributed by atoms with E-state index in [4.69, 9.17) is 14.1 Å². The average molecular weight is 348 g/mol. The second-order valence-corrected chi connectivity index (χ2v) is 5.95. The summed E-state index contributed by atoms with van der Waals surface area (Å²) in [5.41, 5.74) is 1.94. The molecule has 26 heavy (non-hydrogen) atoms. The molecular weight excluding hydrogens is 332 g/mol. The van der Waals surface area contributed by atoms with Crippen LogP contribution in [0.3, 0.4) is 0 Å². The van der Waals surface area contributed by atoms with Crippen LogP contribution in [0.25, 0.3) is 22.2 Å². The molecule has 1 N–H and O–H groups in total. The van der Waals surface area contributed by atoms with Crippen LogP contribution < -0.4 is 10.2 Å². The van der Waals surface area contributed by atoms with Crippen molar-refractivity contribution in [3.8, 4) is 0 Å². The van der Waals surface area contributed by atoms with Gasteiger partial charge in [-0.1, -0.05) is 6.07 Å². The lowest BCUT2D eigenvalue weighted by Crippen LogP contribution is -2.37. The molecule has 8 nitrogen and oxygen atoms in total. The first-order chi connectivity index (χ1) is 12.9. The molecule has 0 saturated carbocycles. The Bertz CT molecular complexity index is 1060. The van der Waals surface area contributed by atoms with E-state index in [-0.39, 0.29) is 0 Å². The first kappa shape index (κ1) is 15.0. The van der Waals surface area contributed by atoms with Crippen molar-refractivity contribution in [1.29, 1.82) is 0 Å². The number of aromatic nitrogens is 4. The summed E-state index contributed by atoms with van der Waals surface area (Å²) in [4.78, 5) is 20.1. The summed E-state index contributed by atoms with van der Waals surface area (Å²) in [7, 11) is 0. The molecule has 0 amide bonds. The maximum absolute atomic E-state index is 5.98. The normalized spacial score (nSPS) is 14.8. The van der Waals surface area contributed by atoms with Gasteiger partial charge in [-0.3, -0.25) is 0 Å². The van der Waals surface area contributed by atoms with Crippen LogP contribution in [0.1, 0.15) is 0 Å². The lowest BCUT2D eigenvalue weighted by molar-refractivity contribution is 0.122. The van der Waals surface area contributed by atoms with Crippen LogP contribution in [0.15, 0.2) is 47.1 Å². The minimum absolute atomic E-state index is 0.476. The van der Waals surface area contributed by atoms with Crippen molar-refractivity contribution in [2.24, 2.45) is 0 Å². The third kappa shape index (κ3) is 2.60. The number of morpholine rings is 1. The van der Waals surface area contributed by atoms with Gasteiger partial charge in [-0.2, -0.15) is 4.98 Å². The minimum atomic E-state index is 0.476. The molecule has 1 fully saturated rings. The minimum Gasteiger partial charge on any atom is -0.432 e.